The molecule has 0 amide bonds. The lowest BCUT2D eigenvalue weighted by atomic mass is 10.4. The van der Waals surface area contributed by atoms with Crippen molar-refractivity contribution in [2.45, 2.75) is 0 Å². The molecule has 18 heavy (non-hydrogen) atoms. The van der Waals surface area contributed by atoms with E-state index in [9.17, 15) is 14.4 Å². The molecule has 0 N–H and O–H groups in total. The molecule has 1 fully saturated rings. The minimum atomic E-state index is 0.570. The van der Waals surface area contributed by atoms with Gasteiger partial charge in [-0.1, -0.05) is 0 Å². The number of carbonyl (C=O) groups is 3. The Kier molecular flexibility index (Phi) is 5.96. The van der Waals surface area contributed by atoms with Gasteiger partial charge in [0.05, 0.1) is 20.0 Å². The molecule has 1 rings (SSSR count). The van der Waals surface area contributed by atoms with E-state index >= 15 is 0 Å². The zero-order chi connectivity index (χ0) is 13.2. The van der Waals surface area contributed by atoms with Gasteiger partial charge < -0.3 is 14.7 Å². The molecule has 1 heterocycles. The fourth-order valence-electron chi connectivity index (χ4n) is 1.59. The Morgan fingerprint density at radius 3 is 1.06 bits per heavy atom. The molecule has 0 unspecified atom stereocenters. The fraction of sp³-hybridized carbons (Fsp3) is 0.250. The second-order valence-electron chi connectivity index (χ2n) is 3.62. The van der Waals surface area contributed by atoms with Gasteiger partial charge in [0.15, 0.2) is 0 Å². The number of allylic oxidation sites excluding steroid dienone is 3. The first kappa shape index (κ1) is 13.7. The van der Waals surface area contributed by atoms with Crippen molar-refractivity contribution >= 4 is 18.9 Å². The summed E-state index contributed by atoms with van der Waals surface area (Å²) in [6, 6.07) is 0. The topological polar surface area (TPSA) is 60.9 Å². The summed E-state index contributed by atoms with van der Waals surface area (Å²) in [6.07, 6.45) is 11.3. The van der Waals surface area contributed by atoms with Crippen molar-refractivity contribution in [3.05, 3.63) is 36.8 Å². The normalized spacial score (nSPS) is 17.0. The third-order valence-electron chi connectivity index (χ3n) is 2.22. The highest BCUT2D eigenvalue weighted by molar-refractivity contribution is 5.65. The van der Waals surface area contributed by atoms with Crippen LogP contribution in [0.2, 0.25) is 0 Å². The predicted octanol–water partition coefficient (Wildman–Crippen LogP) is -0.0837. The first-order valence-corrected chi connectivity index (χ1v) is 5.38. The van der Waals surface area contributed by atoms with E-state index < -0.39 is 0 Å². The molecule has 0 radical (unpaired) electrons. The van der Waals surface area contributed by atoms with Crippen molar-refractivity contribution in [1.82, 2.24) is 14.7 Å². The number of hydrogen-bond acceptors (Lipinski definition) is 6. The van der Waals surface area contributed by atoms with Crippen LogP contribution in [0.25, 0.3) is 0 Å². The van der Waals surface area contributed by atoms with E-state index in [1.165, 1.54) is 18.2 Å². The Hall–Kier alpha value is -2.37. The third kappa shape index (κ3) is 4.65. The van der Waals surface area contributed by atoms with Crippen LogP contribution in [-0.4, -0.2) is 53.6 Å². The third-order valence-corrected chi connectivity index (χ3v) is 2.22. The van der Waals surface area contributed by atoms with Crippen molar-refractivity contribution in [3.8, 4) is 0 Å². The summed E-state index contributed by atoms with van der Waals surface area (Å²) in [7, 11) is 0. The van der Waals surface area contributed by atoms with E-state index in [2.05, 4.69) is 0 Å². The van der Waals surface area contributed by atoms with Crippen molar-refractivity contribution in [2.24, 2.45) is 0 Å². The van der Waals surface area contributed by atoms with E-state index in [0.29, 0.717) is 38.9 Å². The fourth-order valence-corrected chi connectivity index (χ4v) is 1.59. The van der Waals surface area contributed by atoms with Crippen LogP contribution in [0.3, 0.4) is 0 Å². The lowest BCUT2D eigenvalue weighted by Crippen LogP contribution is -2.48. The van der Waals surface area contributed by atoms with Gasteiger partial charge in [-0.05, 0) is 18.2 Å². The van der Waals surface area contributed by atoms with Crippen LogP contribution in [0.4, 0.5) is 0 Å². The standard InChI is InChI=1S/C12H15N3O3/c16-7-1-4-13-10-14(5-2-8-17)12-15(11-13)6-3-9-18/h1-9H,10-12H2. The molecule has 0 spiro atoms. The Balaban J connectivity index is 2.70. The van der Waals surface area contributed by atoms with Crippen LogP contribution in [0.1, 0.15) is 0 Å². The van der Waals surface area contributed by atoms with Crippen LogP contribution in [-0.2, 0) is 14.4 Å². The van der Waals surface area contributed by atoms with E-state index in [1.54, 1.807) is 18.6 Å². The van der Waals surface area contributed by atoms with Gasteiger partial charge in [0.2, 0.25) is 0 Å². The number of hydrogen-bond donors (Lipinski definition) is 0. The van der Waals surface area contributed by atoms with Crippen molar-refractivity contribution in [2.75, 3.05) is 20.0 Å². The maximum absolute atomic E-state index is 10.3. The lowest BCUT2D eigenvalue weighted by Gasteiger charge is -2.41. The van der Waals surface area contributed by atoms with Crippen LogP contribution in [0, 0.1) is 0 Å². The molecular formula is C12H15N3O3. The Bertz CT molecular complexity index is 314. The van der Waals surface area contributed by atoms with Gasteiger partial charge >= 0.3 is 0 Å². The summed E-state index contributed by atoms with van der Waals surface area (Å²) in [5.74, 6) is 0. The summed E-state index contributed by atoms with van der Waals surface area (Å²) in [5.41, 5.74) is 0. The second-order valence-corrected chi connectivity index (χ2v) is 3.62. The molecule has 0 saturated carbocycles. The summed E-state index contributed by atoms with van der Waals surface area (Å²) >= 11 is 0. The number of aldehydes is 3. The quantitative estimate of drug-likeness (QED) is 0.484. The summed E-state index contributed by atoms with van der Waals surface area (Å²) in [6.45, 7) is 1.71. The van der Waals surface area contributed by atoms with Gasteiger partial charge in [-0.25, -0.2) is 0 Å². The van der Waals surface area contributed by atoms with Crippen LogP contribution in [0.15, 0.2) is 36.8 Å². The average Bonchev–Trinajstić information content (AvgIpc) is 2.40. The van der Waals surface area contributed by atoms with Crippen molar-refractivity contribution in [1.29, 1.82) is 0 Å². The van der Waals surface area contributed by atoms with Crippen LogP contribution >= 0.6 is 0 Å². The molecule has 1 aliphatic rings. The minimum Gasteiger partial charge on any atom is -0.342 e. The monoisotopic (exact) mass is 249 g/mol. The molecule has 6 heteroatoms. The van der Waals surface area contributed by atoms with Crippen molar-refractivity contribution < 1.29 is 14.4 Å². The number of rotatable bonds is 6. The zero-order valence-electron chi connectivity index (χ0n) is 9.88. The number of carbonyl (C=O) groups excluding carboxylic acids is 3. The van der Waals surface area contributed by atoms with Gasteiger partial charge in [-0.2, -0.15) is 0 Å². The maximum Gasteiger partial charge on any atom is 0.144 e. The lowest BCUT2D eigenvalue weighted by molar-refractivity contribution is -0.104. The first-order valence-electron chi connectivity index (χ1n) is 5.38. The van der Waals surface area contributed by atoms with Gasteiger partial charge in [0.1, 0.15) is 18.9 Å². The average molecular weight is 249 g/mol. The predicted molar refractivity (Wildman–Crippen MR) is 65.7 cm³/mol. The minimum absolute atomic E-state index is 0.570. The van der Waals surface area contributed by atoms with Gasteiger partial charge in [0, 0.05) is 18.6 Å². The van der Waals surface area contributed by atoms with E-state index in [0.717, 1.165) is 0 Å². The number of nitrogens with zero attached hydrogens (tertiary/aromatic N) is 3. The second kappa shape index (κ2) is 7.83. The smallest absolute Gasteiger partial charge is 0.144 e. The highest BCUT2D eigenvalue weighted by atomic mass is 16.1. The summed E-state index contributed by atoms with van der Waals surface area (Å²) in [4.78, 5) is 36.5. The first-order chi connectivity index (χ1) is 8.80. The molecular weight excluding hydrogens is 234 g/mol. The van der Waals surface area contributed by atoms with E-state index in [-0.39, 0.29) is 0 Å². The molecule has 96 valence electrons. The van der Waals surface area contributed by atoms with Crippen LogP contribution < -0.4 is 0 Å². The zero-order valence-corrected chi connectivity index (χ0v) is 9.88. The molecule has 0 aromatic heterocycles. The van der Waals surface area contributed by atoms with E-state index in [4.69, 9.17) is 0 Å². The summed E-state index contributed by atoms with van der Waals surface area (Å²) < 4.78 is 0. The Morgan fingerprint density at radius 2 is 0.833 bits per heavy atom. The highest BCUT2D eigenvalue weighted by Gasteiger charge is 2.16. The largest absolute Gasteiger partial charge is 0.342 e. The molecule has 1 saturated heterocycles. The Morgan fingerprint density at radius 1 is 0.556 bits per heavy atom. The highest BCUT2D eigenvalue weighted by Crippen LogP contribution is 2.08. The summed E-state index contributed by atoms with van der Waals surface area (Å²) in [5, 5.41) is 0. The Labute approximate surface area is 105 Å². The SMILES string of the molecule is O=CC=CN1CN(C=CC=O)CN(C=CC=O)C1. The molecule has 0 aromatic carbocycles. The molecule has 0 atom stereocenters. The van der Waals surface area contributed by atoms with E-state index in [1.807, 2.05) is 14.7 Å². The van der Waals surface area contributed by atoms with Crippen LogP contribution in [0.5, 0.6) is 0 Å². The maximum atomic E-state index is 10.3. The van der Waals surface area contributed by atoms with Gasteiger partial charge in [-0.15, -0.1) is 0 Å². The molecule has 0 bridgehead atoms. The molecule has 1 aliphatic heterocycles. The molecule has 0 aliphatic carbocycles. The van der Waals surface area contributed by atoms with Crippen molar-refractivity contribution in [3.63, 3.8) is 0 Å². The van der Waals surface area contributed by atoms with Gasteiger partial charge in [0.25, 0.3) is 0 Å². The molecule has 6 nitrogen and oxygen atoms in total. The molecule has 0 aromatic rings. The van der Waals surface area contributed by atoms with Gasteiger partial charge in [-0.3, -0.25) is 14.4 Å².